The molecule has 1 aliphatic rings. The SMILES string of the molecule is CC(C)(C)N(Cc1nc2ccc(B3OC(C)(C)C(C)(C)O3)cc2s1)C(=O)O. The zero-order chi connectivity index (χ0) is 20.2. The second kappa shape index (κ2) is 6.46. The summed E-state index contributed by atoms with van der Waals surface area (Å²) in [7, 11) is -0.421. The second-order valence-electron chi connectivity index (χ2n) is 8.96. The standard InChI is InChI=1S/C19H27BN2O4S/c1-17(2,3)22(16(23)24)11-15-21-13-9-8-12(10-14(13)27-15)20-25-18(4,5)19(6,7)26-20/h8-10H,11H2,1-7H3,(H,23,24). The van der Waals surface area contributed by atoms with Crippen molar-refractivity contribution in [1.29, 1.82) is 0 Å². The Morgan fingerprint density at radius 1 is 1.22 bits per heavy atom. The van der Waals surface area contributed by atoms with Gasteiger partial charge in [0.05, 0.1) is 28.0 Å². The maximum atomic E-state index is 11.6. The van der Waals surface area contributed by atoms with Gasteiger partial charge in [0, 0.05) is 5.54 Å². The van der Waals surface area contributed by atoms with Crippen LogP contribution in [0.5, 0.6) is 0 Å². The van der Waals surface area contributed by atoms with Gasteiger partial charge in [0.1, 0.15) is 5.01 Å². The number of carboxylic acid groups (broad SMARTS) is 1. The molecule has 0 radical (unpaired) electrons. The van der Waals surface area contributed by atoms with E-state index in [9.17, 15) is 9.90 Å². The third kappa shape index (κ3) is 3.84. The molecule has 1 N–H and O–H groups in total. The van der Waals surface area contributed by atoms with Crippen molar-refractivity contribution in [3.63, 3.8) is 0 Å². The number of hydrogen-bond donors (Lipinski definition) is 1. The lowest BCUT2D eigenvalue weighted by atomic mass is 9.79. The van der Waals surface area contributed by atoms with Crippen LogP contribution in [0.1, 0.15) is 53.5 Å². The predicted molar refractivity (Wildman–Crippen MR) is 109 cm³/mol. The first kappa shape index (κ1) is 20.1. The van der Waals surface area contributed by atoms with Crippen LogP contribution in [0.4, 0.5) is 4.79 Å². The second-order valence-corrected chi connectivity index (χ2v) is 10.1. The van der Waals surface area contributed by atoms with Crippen molar-refractivity contribution in [3.8, 4) is 0 Å². The minimum absolute atomic E-state index is 0.268. The summed E-state index contributed by atoms with van der Waals surface area (Å²) in [5.41, 5.74) is 0.537. The van der Waals surface area contributed by atoms with E-state index in [-0.39, 0.29) is 17.7 Å². The van der Waals surface area contributed by atoms with Gasteiger partial charge in [0.25, 0.3) is 0 Å². The van der Waals surface area contributed by atoms with Gasteiger partial charge in [-0.25, -0.2) is 9.78 Å². The fraction of sp³-hybridized carbons (Fsp3) is 0.579. The molecule has 0 spiro atoms. The summed E-state index contributed by atoms with van der Waals surface area (Å²) in [6.45, 7) is 14.0. The molecule has 2 heterocycles. The van der Waals surface area contributed by atoms with Gasteiger partial charge in [-0.15, -0.1) is 11.3 Å². The summed E-state index contributed by atoms with van der Waals surface area (Å²) in [5, 5.41) is 10.3. The van der Waals surface area contributed by atoms with Crippen LogP contribution in [0, 0.1) is 0 Å². The van der Waals surface area contributed by atoms with Gasteiger partial charge in [0.15, 0.2) is 0 Å². The predicted octanol–water partition coefficient (Wildman–Crippen LogP) is 3.87. The molecule has 1 saturated heterocycles. The van der Waals surface area contributed by atoms with Gasteiger partial charge >= 0.3 is 13.2 Å². The summed E-state index contributed by atoms with van der Waals surface area (Å²) >= 11 is 1.50. The van der Waals surface area contributed by atoms with Crippen molar-refractivity contribution in [3.05, 3.63) is 23.2 Å². The van der Waals surface area contributed by atoms with Gasteiger partial charge in [-0.2, -0.15) is 0 Å². The quantitative estimate of drug-likeness (QED) is 0.806. The number of rotatable bonds is 3. The summed E-state index contributed by atoms with van der Waals surface area (Å²) in [6.07, 6.45) is -0.945. The van der Waals surface area contributed by atoms with Crippen molar-refractivity contribution in [1.82, 2.24) is 9.88 Å². The van der Waals surface area contributed by atoms with E-state index in [1.54, 1.807) is 0 Å². The molecular weight excluding hydrogens is 363 g/mol. The maximum absolute atomic E-state index is 11.6. The molecule has 1 aliphatic heterocycles. The third-order valence-corrected chi connectivity index (χ3v) is 6.32. The molecule has 27 heavy (non-hydrogen) atoms. The highest BCUT2D eigenvalue weighted by Crippen LogP contribution is 2.36. The molecule has 2 aromatic rings. The first-order chi connectivity index (χ1) is 12.3. The lowest BCUT2D eigenvalue weighted by Crippen LogP contribution is -2.44. The highest BCUT2D eigenvalue weighted by Gasteiger charge is 2.51. The average molecular weight is 390 g/mol. The van der Waals surface area contributed by atoms with Crippen molar-refractivity contribution < 1.29 is 19.2 Å². The molecule has 1 amide bonds. The Balaban J connectivity index is 1.87. The fourth-order valence-corrected chi connectivity index (χ4v) is 3.91. The zero-order valence-electron chi connectivity index (χ0n) is 17.0. The molecule has 1 aromatic carbocycles. The van der Waals surface area contributed by atoms with E-state index in [1.807, 2.05) is 66.7 Å². The van der Waals surface area contributed by atoms with Crippen molar-refractivity contribution >= 4 is 40.2 Å². The number of nitrogens with zero attached hydrogens (tertiary/aromatic N) is 2. The normalized spacial score (nSPS) is 18.9. The van der Waals surface area contributed by atoms with Gasteiger partial charge in [-0.05, 0) is 66.1 Å². The summed E-state index contributed by atoms with van der Waals surface area (Å²) in [4.78, 5) is 17.6. The van der Waals surface area contributed by atoms with Crippen LogP contribution in [0.3, 0.4) is 0 Å². The van der Waals surface area contributed by atoms with E-state index in [0.29, 0.717) is 0 Å². The number of hydrogen-bond acceptors (Lipinski definition) is 5. The van der Waals surface area contributed by atoms with Crippen LogP contribution in [-0.4, -0.2) is 44.9 Å². The number of carbonyl (C=O) groups is 1. The summed E-state index contributed by atoms with van der Waals surface area (Å²) in [5.74, 6) is 0. The van der Waals surface area contributed by atoms with Crippen molar-refractivity contribution in [2.24, 2.45) is 0 Å². The number of amides is 1. The summed E-state index contributed by atoms with van der Waals surface area (Å²) < 4.78 is 13.2. The monoisotopic (exact) mass is 390 g/mol. The van der Waals surface area contributed by atoms with Crippen molar-refractivity contribution in [2.75, 3.05) is 0 Å². The Bertz CT molecular complexity index is 856. The van der Waals surface area contributed by atoms with Crippen LogP contribution >= 0.6 is 11.3 Å². The van der Waals surface area contributed by atoms with E-state index in [2.05, 4.69) is 4.98 Å². The number of fused-ring (bicyclic) bond motifs is 1. The smallest absolute Gasteiger partial charge is 0.465 e. The molecule has 1 fully saturated rings. The molecule has 0 unspecified atom stereocenters. The molecule has 0 aliphatic carbocycles. The molecule has 0 saturated carbocycles. The lowest BCUT2D eigenvalue weighted by Gasteiger charge is -2.32. The highest BCUT2D eigenvalue weighted by atomic mass is 32.1. The van der Waals surface area contributed by atoms with Crippen LogP contribution in [0.15, 0.2) is 18.2 Å². The van der Waals surface area contributed by atoms with Gasteiger partial charge in [-0.1, -0.05) is 6.07 Å². The number of benzene rings is 1. The van der Waals surface area contributed by atoms with Gasteiger partial charge in [0.2, 0.25) is 0 Å². The van der Waals surface area contributed by atoms with Crippen LogP contribution in [-0.2, 0) is 15.9 Å². The topological polar surface area (TPSA) is 71.9 Å². The Morgan fingerprint density at radius 2 is 1.81 bits per heavy atom. The minimum Gasteiger partial charge on any atom is -0.465 e. The van der Waals surface area contributed by atoms with E-state index in [1.165, 1.54) is 16.2 Å². The van der Waals surface area contributed by atoms with E-state index in [0.717, 1.165) is 20.7 Å². The molecule has 3 rings (SSSR count). The largest absolute Gasteiger partial charge is 0.494 e. The molecule has 8 heteroatoms. The van der Waals surface area contributed by atoms with Crippen LogP contribution in [0.2, 0.25) is 0 Å². The van der Waals surface area contributed by atoms with E-state index < -0.39 is 18.8 Å². The number of aromatic nitrogens is 1. The highest BCUT2D eigenvalue weighted by molar-refractivity contribution is 7.18. The van der Waals surface area contributed by atoms with Crippen molar-refractivity contribution in [2.45, 2.75) is 71.8 Å². The summed E-state index contributed by atoms with van der Waals surface area (Å²) in [6, 6.07) is 5.94. The molecule has 146 valence electrons. The Morgan fingerprint density at radius 3 is 2.33 bits per heavy atom. The average Bonchev–Trinajstić information content (AvgIpc) is 3.00. The van der Waals surface area contributed by atoms with Gasteiger partial charge in [-0.3, -0.25) is 4.90 Å². The first-order valence-electron chi connectivity index (χ1n) is 9.06. The molecule has 1 aromatic heterocycles. The van der Waals surface area contributed by atoms with E-state index in [4.69, 9.17) is 9.31 Å². The third-order valence-electron chi connectivity index (χ3n) is 5.32. The Hall–Kier alpha value is -1.64. The van der Waals surface area contributed by atoms with Crippen LogP contribution in [0.25, 0.3) is 10.2 Å². The fourth-order valence-electron chi connectivity index (χ4n) is 2.91. The molecule has 0 atom stereocenters. The van der Waals surface area contributed by atoms with Gasteiger partial charge < -0.3 is 14.4 Å². The Kier molecular flexibility index (Phi) is 4.81. The number of thiazole rings is 1. The Labute approximate surface area is 164 Å². The maximum Gasteiger partial charge on any atom is 0.494 e. The molecule has 6 nitrogen and oxygen atoms in total. The first-order valence-corrected chi connectivity index (χ1v) is 9.87. The zero-order valence-corrected chi connectivity index (χ0v) is 17.8. The lowest BCUT2D eigenvalue weighted by molar-refractivity contribution is 0.00578. The van der Waals surface area contributed by atoms with Crippen LogP contribution < -0.4 is 5.46 Å². The van der Waals surface area contributed by atoms with E-state index >= 15 is 0 Å². The molecule has 0 bridgehead atoms. The molecular formula is C19H27BN2O4S. The minimum atomic E-state index is -0.945.